The third-order valence-electron chi connectivity index (χ3n) is 5.89. The van der Waals surface area contributed by atoms with Crippen LogP contribution < -0.4 is 4.90 Å². The Bertz CT molecular complexity index is 1390. The molecule has 10 heteroatoms. The molecule has 0 bridgehead atoms. The van der Waals surface area contributed by atoms with Crippen LogP contribution in [0.25, 0.3) is 44.7 Å². The zero-order valence-corrected chi connectivity index (χ0v) is 17.4. The Morgan fingerprint density at radius 1 is 0.968 bits per heavy atom. The third kappa shape index (κ3) is 3.03. The number of pyridine rings is 2. The SMILES string of the molecule is CN1CCN(c2cncc3[nH]c(-c4n[nH]c5cnc(-c6cnn(C)c6)cc45)nc23)CC1. The summed E-state index contributed by atoms with van der Waals surface area (Å²) in [4.78, 5) is 22.0. The van der Waals surface area contributed by atoms with Crippen LogP contribution in [0.5, 0.6) is 0 Å². The minimum absolute atomic E-state index is 0.716. The Morgan fingerprint density at radius 3 is 2.65 bits per heavy atom. The van der Waals surface area contributed by atoms with Gasteiger partial charge < -0.3 is 14.8 Å². The van der Waals surface area contributed by atoms with Gasteiger partial charge in [0.15, 0.2) is 5.82 Å². The lowest BCUT2D eigenvalue weighted by Crippen LogP contribution is -2.44. The number of likely N-dealkylation sites (N-methyl/N-ethyl adjacent to an activating group) is 1. The Hall–Kier alpha value is -3.79. The molecule has 0 aliphatic carbocycles. The van der Waals surface area contributed by atoms with Gasteiger partial charge in [0.1, 0.15) is 11.2 Å². The van der Waals surface area contributed by atoms with Gasteiger partial charge in [0.25, 0.3) is 0 Å². The maximum atomic E-state index is 4.94. The summed E-state index contributed by atoms with van der Waals surface area (Å²) in [5.41, 5.74) is 6.33. The monoisotopic (exact) mass is 414 g/mol. The number of aryl methyl sites for hydroxylation is 1. The van der Waals surface area contributed by atoms with Crippen molar-refractivity contribution in [2.75, 3.05) is 38.1 Å². The summed E-state index contributed by atoms with van der Waals surface area (Å²) in [5, 5.41) is 12.8. The van der Waals surface area contributed by atoms with Crippen molar-refractivity contribution in [3.8, 4) is 22.8 Å². The first kappa shape index (κ1) is 18.0. The fourth-order valence-electron chi connectivity index (χ4n) is 4.12. The van der Waals surface area contributed by atoms with E-state index in [4.69, 9.17) is 4.98 Å². The molecule has 0 atom stereocenters. The molecule has 0 spiro atoms. The molecule has 0 saturated carbocycles. The second-order valence-electron chi connectivity index (χ2n) is 8.02. The summed E-state index contributed by atoms with van der Waals surface area (Å²) < 4.78 is 1.77. The molecule has 1 aliphatic heterocycles. The van der Waals surface area contributed by atoms with E-state index in [2.05, 4.69) is 47.1 Å². The van der Waals surface area contributed by atoms with Crippen molar-refractivity contribution in [3.63, 3.8) is 0 Å². The summed E-state index contributed by atoms with van der Waals surface area (Å²) in [6.07, 6.45) is 9.29. The molecule has 10 nitrogen and oxygen atoms in total. The summed E-state index contributed by atoms with van der Waals surface area (Å²) in [7, 11) is 4.05. The van der Waals surface area contributed by atoms with Crippen molar-refractivity contribution in [2.24, 2.45) is 7.05 Å². The van der Waals surface area contributed by atoms with Crippen LogP contribution in [-0.4, -0.2) is 78.0 Å². The molecule has 0 amide bonds. The molecule has 0 radical (unpaired) electrons. The largest absolute Gasteiger partial charge is 0.366 e. The molecule has 0 aromatic carbocycles. The van der Waals surface area contributed by atoms with Gasteiger partial charge in [-0.25, -0.2) is 4.98 Å². The molecule has 1 aliphatic rings. The smallest absolute Gasteiger partial charge is 0.159 e. The fraction of sp³-hybridized carbons (Fsp3) is 0.286. The first-order valence-corrected chi connectivity index (χ1v) is 10.3. The van der Waals surface area contributed by atoms with Crippen molar-refractivity contribution >= 4 is 27.6 Å². The van der Waals surface area contributed by atoms with Crippen LogP contribution in [0.2, 0.25) is 0 Å². The Balaban J connectivity index is 1.44. The maximum absolute atomic E-state index is 4.94. The van der Waals surface area contributed by atoms with E-state index in [9.17, 15) is 0 Å². The molecule has 6 rings (SSSR count). The van der Waals surface area contributed by atoms with Crippen LogP contribution >= 0.6 is 0 Å². The molecule has 6 heterocycles. The average Bonchev–Trinajstić information content (AvgIpc) is 3.51. The average molecular weight is 414 g/mol. The second-order valence-corrected chi connectivity index (χ2v) is 8.02. The summed E-state index contributed by atoms with van der Waals surface area (Å²) in [6.45, 7) is 3.99. The van der Waals surface area contributed by atoms with Crippen molar-refractivity contribution in [3.05, 3.63) is 37.1 Å². The van der Waals surface area contributed by atoms with Crippen molar-refractivity contribution in [1.82, 2.24) is 44.8 Å². The normalized spacial score (nSPS) is 15.4. The Labute approximate surface area is 177 Å². The van der Waals surface area contributed by atoms with Gasteiger partial charge in [0.2, 0.25) is 0 Å². The van der Waals surface area contributed by atoms with Gasteiger partial charge in [0, 0.05) is 50.4 Å². The summed E-state index contributed by atoms with van der Waals surface area (Å²) >= 11 is 0. The molecule has 1 saturated heterocycles. The van der Waals surface area contributed by atoms with E-state index >= 15 is 0 Å². The van der Waals surface area contributed by atoms with Gasteiger partial charge >= 0.3 is 0 Å². The lowest BCUT2D eigenvalue weighted by molar-refractivity contribution is 0.313. The highest BCUT2D eigenvalue weighted by Gasteiger charge is 2.20. The lowest BCUT2D eigenvalue weighted by Gasteiger charge is -2.33. The minimum Gasteiger partial charge on any atom is -0.366 e. The number of hydrogen-bond donors (Lipinski definition) is 2. The number of hydrogen-bond acceptors (Lipinski definition) is 7. The zero-order valence-electron chi connectivity index (χ0n) is 17.4. The Kier molecular flexibility index (Phi) is 4.00. The standard InChI is InChI=1S/C21H22N10/c1-29-3-5-31(6-4-29)18-11-22-9-17-20(18)26-21(25-17)19-14-7-15(13-8-24-30(2)12-13)23-10-16(14)27-28-19/h7-12H,3-6H2,1-2H3,(H,25,26)(H,27,28). The first-order chi connectivity index (χ1) is 15.2. The number of piperazine rings is 1. The van der Waals surface area contributed by atoms with Crippen LogP contribution in [0, 0.1) is 0 Å². The van der Waals surface area contributed by atoms with Crippen LogP contribution in [0.3, 0.4) is 0 Å². The van der Waals surface area contributed by atoms with Crippen molar-refractivity contribution < 1.29 is 0 Å². The van der Waals surface area contributed by atoms with Gasteiger partial charge in [-0.15, -0.1) is 0 Å². The number of aromatic nitrogens is 8. The maximum Gasteiger partial charge on any atom is 0.159 e. The number of aromatic amines is 2. The van der Waals surface area contributed by atoms with Gasteiger partial charge in [-0.1, -0.05) is 0 Å². The fourth-order valence-corrected chi connectivity index (χ4v) is 4.12. The summed E-state index contributed by atoms with van der Waals surface area (Å²) in [5.74, 6) is 0.716. The van der Waals surface area contributed by atoms with E-state index in [0.29, 0.717) is 5.82 Å². The van der Waals surface area contributed by atoms with Crippen LogP contribution in [0.15, 0.2) is 37.1 Å². The number of rotatable bonds is 3. The van der Waals surface area contributed by atoms with Gasteiger partial charge in [-0.3, -0.25) is 19.7 Å². The zero-order chi connectivity index (χ0) is 20.9. The number of imidazole rings is 1. The highest BCUT2D eigenvalue weighted by molar-refractivity contribution is 5.96. The second kappa shape index (κ2) is 6.88. The number of H-pyrrole nitrogens is 2. The minimum atomic E-state index is 0.716. The van der Waals surface area contributed by atoms with Gasteiger partial charge in [-0.2, -0.15) is 10.2 Å². The predicted octanol–water partition coefficient (Wildman–Crippen LogP) is 2.05. The first-order valence-electron chi connectivity index (χ1n) is 10.3. The van der Waals surface area contributed by atoms with E-state index in [1.165, 1.54) is 0 Å². The van der Waals surface area contributed by atoms with Crippen LogP contribution in [0.4, 0.5) is 5.69 Å². The highest BCUT2D eigenvalue weighted by Crippen LogP contribution is 2.31. The third-order valence-corrected chi connectivity index (χ3v) is 5.89. The van der Waals surface area contributed by atoms with Gasteiger partial charge in [-0.05, 0) is 13.1 Å². The molecule has 5 aromatic rings. The molecular weight excluding hydrogens is 392 g/mol. The molecule has 2 N–H and O–H groups in total. The van der Waals surface area contributed by atoms with Crippen molar-refractivity contribution in [2.45, 2.75) is 0 Å². The molecule has 31 heavy (non-hydrogen) atoms. The van der Waals surface area contributed by atoms with Crippen molar-refractivity contribution in [1.29, 1.82) is 0 Å². The molecule has 156 valence electrons. The molecule has 0 unspecified atom stereocenters. The van der Waals surface area contributed by atoms with E-state index in [0.717, 1.165) is 70.8 Å². The summed E-state index contributed by atoms with van der Waals surface area (Å²) in [6, 6.07) is 2.03. The number of anilines is 1. The molecular formula is C21H22N10. The number of fused-ring (bicyclic) bond motifs is 2. The lowest BCUT2D eigenvalue weighted by atomic mass is 10.1. The molecule has 1 fully saturated rings. The van der Waals surface area contributed by atoms with E-state index in [1.807, 2.05) is 37.9 Å². The van der Waals surface area contributed by atoms with Crippen LogP contribution in [0.1, 0.15) is 0 Å². The number of nitrogens with zero attached hydrogens (tertiary/aromatic N) is 8. The predicted molar refractivity (Wildman–Crippen MR) is 119 cm³/mol. The molecule has 5 aromatic heterocycles. The van der Waals surface area contributed by atoms with Gasteiger partial charge in [0.05, 0.1) is 47.2 Å². The topological polar surface area (TPSA) is 107 Å². The Morgan fingerprint density at radius 2 is 1.84 bits per heavy atom. The highest BCUT2D eigenvalue weighted by atomic mass is 15.3. The van der Waals surface area contributed by atoms with E-state index in [-0.39, 0.29) is 0 Å². The number of nitrogens with one attached hydrogen (secondary N) is 2. The quantitative estimate of drug-likeness (QED) is 0.465. The van der Waals surface area contributed by atoms with E-state index < -0.39 is 0 Å². The van der Waals surface area contributed by atoms with E-state index in [1.54, 1.807) is 10.9 Å². The van der Waals surface area contributed by atoms with Crippen LogP contribution in [-0.2, 0) is 7.05 Å².